The molecule has 1 saturated heterocycles. The number of hydrogen-bond acceptors (Lipinski definition) is 6. The lowest BCUT2D eigenvalue weighted by Crippen LogP contribution is -2.22. The van der Waals surface area contributed by atoms with E-state index in [9.17, 15) is 9.18 Å². The number of carbonyl (C=O) groups is 1. The van der Waals surface area contributed by atoms with Crippen LogP contribution in [0.1, 0.15) is 32.1 Å². The molecular formula is C23H25FN4O3. The van der Waals surface area contributed by atoms with E-state index in [1.54, 1.807) is 6.07 Å². The Hall–Kier alpha value is -3.42. The number of nitrogens with zero attached hydrogens (tertiary/aromatic N) is 3. The summed E-state index contributed by atoms with van der Waals surface area (Å²) in [7, 11) is 0. The number of halogens is 1. The molecule has 4 rings (SSSR count). The Bertz CT molecular complexity index is 1030. The highest BCUT2D eigenvalue weighted by Crippen LogP contribution is 2.31. The minimum absolute atomic E-state index is 0.110. The van der Waals surface area contributed by atoms with Gasteiger partial charge in [0.15, 0.2) is 0 Å². The quantitative estimate of drug-likeness (QED) is 0.576. The average Bonchev–Trinajstić information content (AvgIpc) is 3.47. The van der Waals surface area contributed by atoms with Crippen molar-refractivity contribution in [2.45, 2.75) is 32.6 Å². The number of rotatable bonds is 8. The van der Waals surface area contributed by atoms with Crippen LogP contribution in [0.2, 0.25) is 0 Å². The highest BCUT2D eigenvalue weighted by Gasteiger charge is 2.20. The lowest BCUT2D eigenvalue weighted by Gasteiger charge is -2.21. The van der Waals surface area contributed by atoms with E-state index in [0.717, 1.165) is 42.9 Å². The maximum atomic E-state index is 14.4. The standard InChI is InChI=1S/C23H25FN4O3/c1-2-30-17-10-8-16(9-11-17)23-26-21(31-27-23)13-12-20(29)25-22-18(24)6-5-7-19(22)28-14-3-4-15-28/h5-11H,2-4,12-15H2,1H3,(H,25,29). The lowest BCUT2D eigenvalue weighted by molar-refractivity contribution is -0.116. The summed E-state index contributed by atoms with van der Waals surface area (Å²) in [5.74, 6) is 0.837. The van der Waals surface area contributed by atoms with E-state index in [2.05, 4.69) is 20.4 Å². The first kappa shape index (κ1) is 20.8. The van der Waals surface area contributed by atoms with Crippen molar-refractivity contribution in [1.29, 1.82) is 0 Å². The third kappa shape index (κ3) is 5.02. The van der Waals surface area contributed by atoms with Gasteiger partial charge >= 0.3 is 0 Å². The van der Waals surface area contributed by atoms with E-state index < -0.39 is 5.82 Å². The van der Waals surface area contributed by atoms with Crippen LogP contribution < -0.4 is 15.0 Å². The number of para-hydroxylation sites is 1. The van der Waals surface area contributed by atoms with Gasteiger partial charge < -0.3 is 19.5 Å². The van der Waals surface area contributed by atoms with Gasteiger partial charge in [-0.25, -0.2) is 4.39 Å². The zero-order chi connectivity index (χ0) is 21.6. The van der Waals surface area contributed by atoms with Crippen molar-refractivity contribution >= 4 is 17.3 Å². The van der Waals surface area contributed by atoms with E-state index in [4.69, 9.17) is 9.26 Å². The molecule has 1 fully saturated rings. The van der Waals surface area contributed by atoms with Gasteiger partial charge in [0.2, 0.25) is 17.6 Å². The molecule has 0 saturated carbocycles. The molecular weight excluding hydrogens is 399 g/mol. The van der Waals surface area contributed by atoms with E-state index in [1.165, 1.54) is 6.07 Å². The van der Waals surface area contributed by atoms with Crippen LogP contribution in [0.5, 0.6) is 5.75 Å². The first-order chi connectivity index (χ1) is 15.1. The predicted molar refractivity (Wildman–Crippen MR) is 116 cm³/mol. The van der Waals surface area contributed by atoms with Crippen molar-refractivity contribution in [3.8, 4) is 17.1 Å². The Kier molecular flexibility index (Phi) is 6.45. The first-order valence-electron chi connectivity index (χ1n) is 10.5. The van der Waals surface area contributed by atoms with Crippen molar-refractivity contribution in [3.63, 3.8) is 0 Å². The van der Waals surface area contributed by atoms with E-state index in [-0.39, 0.29) is 24.4 Å². The molecule has 1 aliphatic heterocycles. The van der Waals surface area contributed by atoms with Gasteiger partial charge in [0, 0.05) is 31.5 Å². The van der Waals surface area contributed by atoms with Gasteiger partial charge in [0.25, 0.3) is 0 Å². The van der Waals surface area contributed by atoms with E-state index in [1.807, 2.05) is 37.3 Å². The molecule has 2 heterocycles. The molecule has 0 bridgehead atoms. The van der Waals surface area contributed by atoms with Crippen LogP contribution in [-0.4, -0.2) is 35.7 Å². The van der Waals surface area contributed by atoms with Crippen LogP contribution in [0.3, 0.4) is 0 Å². The summed E-state index contributed by atoms with van der Waals surface area (Å²) in [5.41, 5.74) is 1.75. The van der Waals surface area contributed by atoms with Gasteiger partial charge in [-0.15, -0.1) is 0 Å². The molecule has 1 aliphatic rings. The molecule has 0 spiro atoms. The second-order valence-electron chi connectivity index (χ2n) is 7.35. The largest absolute Gasteiger partial charge is 0.494 e. The molecule has 0 atom stereocenters. The molecule has 1 amide bonds. The Balaban J connectivity index is 1.37. The molecule has 7 nitrogen and oxygen atoms in total. The number of aryl methyl sites for hydroxylation is 1. The van der Waals surface area contributed by atoms with Crippen LogP contribution in [0, 0.1) is 5.82 Å². The topological polar surface area (TPSA) is 80.5 Å². The molecule has 1 N–H and O–H groups in total. The zero-order valence-electron chi connectivity index (χ0n) is 17.4. The van der Waals surface area contributed by atoms with Gasteiger partial charge in [-0.05, 0) is 56.2 Å². The summed E-state index contributed by atoms with van der Waals surface area (Å²) in [6.45, 7) is 4.25. The van der Waals surface area contributed by atoms with Crippen LogP contribution in [-0.2, 0) is 11.2 Å². The molecule has 1 aromatic heterocycles. The summed E-state index contributed by atoms with van der Waals surface area (Å²) in [5, 5.41) is 6.70. The summed E-state index contributed by atoms with van der Waals surface area (Å²) in [4.78, 5) is 18.9. The maximum Gasteiger partial charge on any atom is 0.227 e. The van der Waals surface area contributed by atoms with Crippen molar-refractivity contribution in [2.75, 3.05) is 29.9 Å². The van der Waals surface area contributed by atoms with E-state index >= 15 is 0 Å². The monoisotopic (exact) mass is 424 g/mol. The molecule has 162 valence electrons. The molecule has 31 heavy (non-hydrogen) atoms. The Morgan fingerprint density at radius 3 is 2.71 bits per heavy atom. The molecule has 0 unspecified atom stereocenters. The number of ether oxygens (including phenoxy) is 1. The Morgan fingerprint density at radius 1 is 1.19 bits per heavy atom. The number of amides is 1. The van der Waals surface area contributed by atoms with Crippen molar-refractivity contribution in [3.05, 3.63) is 54.2 Å². The van der Waals surface area contributed by atoms with Gasteiger partial charge in [-0.3, -0.25) is 4.79 Å². The van der Waals surface area contributed by atoms with Crippen LogP contribution in [0.25, 0.3) is 11.4 Å². The second-order valence-corrected chi connectivity index (χ2v) is 7.35. The highest BCUT2D eigenvalue weighted by molar-refractivity contribution is 5.94. The van der Waals surface area contributed by atoms with Gasteiger partial charge in [-0.2, -0.15) is 4.98 Å². The number of anilines is 2. The van der Waals surface area contributed by atoms with Crippen LogP contribution in [0.15, 0.2) is 47.0 Å². The maximum absolute atomic E-state index is 14.4. The predicted octanol–water partition coefficient (Wildman–Crippen LogP) is 4.45. The van der Waals surface area contributed by atoms with Crippen molar-refractivity contribution in [2.24, 2.45) is 0 Å². The minimum atomic E-state index is -0.437. The summed E-state index contributed by atoms with van der Waals surface area (Å²) in [6.07, 6.45) is 2.51. The average molecular weight is 424 g/mol. The van der Waals surface area contributed by atoms with Crippen molar-refractivity contribution < 1.29 is 18.4 Å². The smallest absolute Gasteiger partial charge is 0.227 e. The van der Waals surface area contributed by atoms with E-state index in [0.29, 0.717) is 18.3 Å². The third-order valence-electron chi connectivity index (χ3n) is 5.16. The highest BCUT2D eigenvalue weighted by atomic mass is 19.1. The molecule has 8 heteroatoms. The van der Waals surface area contributed by atoms with Gasteiger partial charge in [-0.1, -0.05) is 11.2 Å². The molecule has 0 aliphatic carbocycles. The summed E-state index contributed by atoms with van der Waals surface area (Å²) < 4.78 is 25.1. The third-order valence-corrected chi connectivity index (χ3v) is 5.16. The molecule has 0 radical (unpaired) electrons. The lowest BCUT2D eigenvalue weighted by atomic mass is 10.2. The fraction of sp³-hybridized carbons (Fsp3) is 0.348. The molecule has 3 aromatic rings. The Labute approximate surface area is 180 Å². The Morgan fingerprint density at radius 2 is 1.97 bits per heavy atom. The summed E-state index contributed by atoms with van der Waals surface area (Å²) >= 11 is 0. The van der Waals surface area contributed by atoms with Crippen molar-refractivity contribution in [1.82, 2.24) is 10.1 Å². The number of nitrogens with one attached hydrogen (secondary N) is 1. The van der Waals surface area contributed by atoms with Gasteiger partial charge in [0.05, 0.1) is 12.3 Å². The molecule has 2 aromatic carbocycles. The van der Waals surface area contributed by atoms with Crippen LogP contribution >= 0.6 is 0 Å². The number of aromatic nitrogens is 2. The normalized spacial score (nSPS) is 13.4. The zero-order valence-corrected chi connectivity index (χ0v) is 17.4. The van der Waals surface area contributed by atoms with Gasteiger partial charge in [0.1, 0.15) is 17.3 Å². The first-order valence-corrected chi connectivity index (χ1v) is 10.5. The fourth-order valence-corrected chi connectivity index (χ4v) is 3.62. The number of hydrogen-bond donors (Lipinski definition) is 1. The van der Waals surface area contributed by atoms with Crippen LogP contribution in [0.4, 0.5) is 15.8 Å². The summed E-state index contributed by atoms with van der Waals surface area (Å²) in [6, 6.07) is 12.2. The second kappa shape index (κ2) is 9.59. The fourth-order valence-electron chi connectivity index (χ4n) is 3.62. The number of benzene rings is 2. The SMILES string of the molecule is CCOc1ccc(-c2noc(CCC(=O)Nc3c(F)cccc3N3CCCC3)n2)cc1. The number of carbonyl (C=O) groups excluding carboxylic acids is 1. The minimum Gasteiger partial charge on any atom is -0.494 e.